The maximum Gasteiger partial charge on any atom is 0.416 e. The van der Waals surface area contributed by atoms with Gasteiger partial charge >= 0.3 is 6.18 Å². The Morgan fingerprint density at radius 1 is 0.862 bits per heavy atom. The number of benzene rings is 1. The van der Waals surface area contributed by atoms with Crippen molar-refractivity contribution in [1.29, 1.82) is 0 Å². The molecule has 0 N–H and O–H groups in total. The number of aromatic nitrogens is 2. The summed E-state index contributed by atoms with van der Waals surface area (Å²) in [6.45, 7) is 1.21. The number of rotatable bonds is 7. The van der Waals surface area contributed by atoms with Crippen LogP contribution in [-0.4, -0.2) is 15.0 Å². The third kappa shape index (κ3) is 4.75. The quantitative estimate of drug-likeness (QED) is 0.425. The summed E-state index contributed by atoms with van der Waals surface area (Å²) in [5.74, 6) is 1.86. The van der Waals surface area contributed by atoms with E-state index in [0.29, 0.717) is 13.1 Å². The lowest BCUT2D eigenvalue weighted by Gasteiger charge is -2.17. The predicted molar refractivity (Wildman–Crippen MR) is 95.1 cm³/mol. The van der Waals surface area contributed by atoms with E-state index in [0.717, 1.165) is 23.7 Å². The molecule has 0 aliphatic rings. The number of alkyl halides is 3. The highest BCUT2D eigenvalue weighted by Crippen LogP contribution is 2.31. The van der Waals surface area contributed by atoms with Crippen molar-refractivity contribution in [3.05, 3.63) is 84.0 Å². The topological polar surface area (TPSA) is 68.4 Å². The van der Waals surface area contributed by atoms with Crippen molar-refractivity contribution < 1.29 is 26.5 Å². The molecule has 6 nitrogen and oxygen atoms in total. The normalized spacial score (nSPS) is 12.0. The van der Waals surface area contributed by atoms with Gasteiger partial charge in [-0.05, 0) is 36.4 Å². The van der Waals surface area contributed by atoms with E-state index < -0.39 is 11.7 Å². The van der Waals surface area contributed by atoms with E-state index in [9.17, 15) is 13.2 Å². The van der Waals surface area contributed by atoms with E-state index in [1.165, 1.54) is 12.1 Å². The maximum absolute atomic E-state index is 12.9. The van der Waals surface area contributed by atoms with E-state index in [1.54, 1.807) is 24.7 Å². The zero-order chi connectivity index (χ0) is 20.3. The smallest absolute Gasteiger partial charge is 0.416 e. The zero-order valence-corrected chi connectivity index (χ0v) is 15.1. The van der Waals surface area contributed by atoms with Crippen LogP contribution in [0.1, 0.15) is 23.0 Å². The molecule has 0 saturated heterocycles. The van der Waals surface area contributed by atoms with Gasteiger partial charge in [-0.15, -0.1) is 0 Å². The summed E-state index contributed by atoms with van der Waals surface area (Å²) < 4.78 is 54.9. The number of hydrogen-bond donors (Lipinski definition) is 0. The van der Waals surface area contributed by atoms with Crippen LogP contribution in [0.15, 0.2) is 74.4 Å². The van der Waals surface area contributed by atoms with Crippen LogP contribution in [0.3, 0.4) is 0 Å². The van der Waals surface area contributed by atoms with Crippen LogP contribution < -0.4 is 0 Å². The summed E-state index contributed by atoms with van der Waals surface area (Å²) in [6, 6.07) is 12.1. The van der Waals surface area contributed by atoms with Gasteiger partial charge in [0, 0.05) is 5.56 Å². The van der Waals surface area contributed by atoms with Crippen LogP contribution in [0.4, 0.5) is 13.2 Å². The number of halogens is 3. The Morgan fingerprint density at radius 3 is 2.14 bits per heavy atom. The van der Waals surface area contributed by atoms with E-state index >= 15 is 0 Å². The molecule has 3 heterocycles. The first kappa shape index (κ1) is 19.0. The van der Waals surface area contributed by atoms with E-state index in [-0.39, 0.29) is 23.8 Å². The summed E-state index contributed by atoms with van der Waals surface area (Å²) in [4.78, 5) is 6.21. The average Bonchev–Trinajstić information content (AvgIpc) is 3.44. The maximum atomic E-state index is 12.9. The Labute approximate surface area is 163 Å². The standard InChI is InChI=1S/C20H16F3N3O3/c21-20(22,23)15-5-1-4-14(10-15)19-24-18(29-25-19)13-26(11-16-6-2-8-27-16)12-17-7-3-9-28-17/h1-10H,11-13H2. The van der Waals surface area contributed by atoms with Crippen LogP contribution >= 0.6 is 0 Å². The van der Waals surface area contributed by atoms with E-state index in [2.05, 4.69) is 10.1 Å². The van der Waals surface area contributed by atoms with Gasteiger partial charge in [0.1, 0.15) is 11.5 Å². The molecule has 0 spiro atoms. The van der Waals surface area contributed by atoms with Gasteiger partial charge in [-0.25, -0.2) is 0 Å². The molecule has 0 atom stereocenters. The third-order valence-corrected chi connectivity index (χ3v) is 4.19. The zero-order valence-electron chi connectivity index (χ0n) is 15.1. The first-order valence-electron chi connectivity index (χ1n) is 8.75. The Balaban J connectivity index is 1.52. The molecule has 4 rings (SSSR count). The molecule has 0 bridgehead atoms. The van der Waals surface area contributed by atoms with Gasteiger partial charge < -0.3 is 13.4 Å². The fraction of sp³-hybridized carbons (Fsp3) is 0.200. The lowest BCUT2D eigenvalue weighted by atomic mass is 10.1. The summed E-state index contributed by atoms with van der Waals surface area (Å²) in [5, 5.41) is 3.83. The molecule has 4 aromatic rings. The van der Waals surface area contributed by atoms with Gasteiger partial charge in [0.25, 0.3) is 0 Å². The SMILES string of the molecule is FC(F)(F)c1cccc(-c2noc(CN(Cc3ccco3)Cc3ccco3)n2)c1. The lowest BCUT2D eigenvalue weighted by Crippen LogP contribution is -2.22. The molecule has 3 aromatic heterocycles. The second-order valence-corrected chi connectivity index (χ2v) is 6.39. The minimum atomic E-state index is -4.44. The minimum Gasteiger partial charge on any atom is -0.468 e. The Bertz CT molecular complexity index is 1000. The second-order valence-electron chi connectivity index (χ2n) is 6.39. The van der Waals surface area contributed by atoms with Crippen molar-refractivity contribution in [1.82, 2.24) is 15.0 Å². The number of hydrogen-bond acceptors (Lipinski definition) is 6. The molecule has 0 unspecified atom stereocenters. The van der Waals surface area contributed by atoms with Crippen LogP contribution in [0.2, 0.25) is 0 Å². The summed E-state index contributed by atoms with van der Waals surface area (Å²) >= 11 is 0. The summed E-state index contributed by atoms with van der Waals surface area (Å²) in [6.07, 6.45) is -1.27. The molecular formula is C20H16F3N3O3. The van der Waals surface area contributed by atoms with Crippen molar-refractivity contribution in [2.24, 2.45) is 0 Å². The molecule has 0 aliphatic heterocycles. The van der Waals surface area contributed by atoms with E-state index in [4.69, 9.17) is 13.4 Å². The first-order valence-corrected chi connectivity index (χ1v) is 8.75. The highest BCUT2D eigenvalue weighted by Gasteiger charge is 2.30. The van der Waals surface area contributed by atoms with Gasteiger partial charge in [-0.2, -0.15) is 18.2 Å². The van der Waals surface area contributed by atoms with Gasteiger partial charge in [-0.3, -0.25) is 4.90 Å². The van der Waals surface area contributed by atoms with Crippen molar-refractivity contribution in [3.8, 4) is 11.4 Å². The molecule has 0 saturated carbocycles. The molecule has 29 heavy (non-hydrogen) atoms. The van der Waals surface area contributed by atoms with E-state index in [1.807, 2.05) is 17.0 Å². The van der Waals surface area contributed by atoms with Crippen molar-refractivity contribution >= 4 is 0 Å². The van der Waals surface area contributed by atoms with Crippen LogP contribution in [0, 0.1) is 0 Å². The highest BCUT2D eigenvalue weighted by atomic mass is 19.4. The third-order valence-electron chi connectivity index (χ3n) is 4.19. The molecule has 0 fully saturated rings. The average molecular weight is 403 g/mol. The van der Waals surface area contributed by atoms with Crippen molar-refractivity contribution in [2.75, 3.05) is 0 Å². The van der Waals surface area contributed by atoms with Gasteiger partial charge in [-0.1, -0.05) is 17.3 Å². The summed E-state index contributed by atoms with van der Waals surface area (Å²) in [7, 11) is 0. The van der Waals surface area contributed by atoms with Crippen LogP contribution in [-0.2, 0) is 25.8 Å². The second kappa shape index (κ2) is 7.96. The molecule has 0 radical (unpaired) electrons. The minimum absolute atomic E-state index is 0.0991. The van der Waals surface area contributed by atoms with Crippen molar-refractivity contribution in [3.63, 3.8) is 0 Å². The van der Waals surface area contributed by atoms with Crippen LogP contribution in [0.25, 0.3) is 11.4 Å². The fourth-order valence-corrected chi connectivity index (χ4v) is 2.88. The number of nitrogens with zero attached hydrogens (tertiary/aromatic N) is 3. The highest BCUT2D eigenvalue weighted by molar-refractivity contribution is 5.55. The number of furan rings is 2. The predicted octanol–water partition coefficient (Wildman–Crippen LogP) is 5.14. The largest absolute Gasteiger partial charge is 0.468 e. The van der Waals surface area contributed by atoms with Gasteiger partial charge in [0.05, 0.1) is 37.7 Å². The van der Waals surface area contributed by atoms with Crippen LogP contribution in [0.5, 0.6) is 0 Å². The summed E-state index contributed by atoms with van der Waals surface area (Å²) in [5.41, 5.74) is -0.531. The Hall–Kier alpha value is -3.33. The molecule has 9 heteroatoms. The van der Waals surface area contributed by atoms with Gasteiger partial charge in [0.2, 0.25) is 11.7 Å². The molecule has 0 aliphatic carbocycles. The molecular weight excluding hydrogens is 387 g/mol. The molecule has 150 valence electrons. The van der Waals surface area contributed by atoms with Gasteiger partial charge in [0.15, 0.2) is 0 Å². The Kier molecular flexibility index (Phi) is 5.22. The Morgan fingerprint density at radius 2 is 1.55 bits per heavy atom. The monoisotopic (exact) mass is 403 g/mol. The first-order chi connectivity index (χ1) is 14.0. The van der Waals surface area contributed by atoms with Crippen molar-refractivity contribution in [2.45, 2.75) is 25.8 Å². The molecule has 1 aromatic carbocycles. The fourth-order valence-electron chi connectivity index (χ4n) is 2.88. The molecule has 0 amide bonds. The lowest BCUT2D eigenvalue weighted by molar-refractivity contribution is -0.137.